The Morgan fingerprint density at radius 3 is 2.72 bits per heavy atom. The maximum absolute atomic E-state index is 11.4. The van der Waals surface area contributed by atoms with E-state index in [0.29, 0.717) is 6.04 Å². The van der Waals surface area contributed by atoms with E-state index in [1.807, 2.05) is 0 Å². The van der Waals surface area contributed by atoms with Crippen LogP contribution in [0.2, 0.25) is 0 Å². The van der Waals surface area contributed by atoms with Crippen LogP contribution in [0.5, 0.6) is 0 Å². The number of carboxylic acids is 1. The molecule has 1 heterocycles. The van der Waals surface area contributed by atoms with Crippen molar-refractivity contribution >= 4 is 5.97 Å². The van der Waals surface area contributed by atoms with E-state index in [4.69, 9.17) is 0 Å². The monoisotopic (exact) mass is 254 g/mol. The average Bonchev–Trinajstić information content (AvgIpc) is 2.74. The molecule has 0 aromatic rings. The van der Waals surface area contributed by atoms with Crippen molar-refractivity contribution in [3.8, 4) is 0 Å². The van der Waals surface area contributed by atoms with Crippen LogP contribution in [-0.2, 0) is 4.79 Å². The van der Waals surface area contributed by atoms with Crippen molar-refractivity contribution in [2.75, 3.05) is 26.7 Å². The predicted octanol–water partition coefficient (Wildman–Crippen LogP) is 1.66. The molecular weight excluding hydrogens is 228 g/mol. The summed E-state index contributed by atoms with van der Waals surface area (Å²) in [5.74, 6) is -0.729. The van der Waals surface area contributed by atoms with Gasteiger partial charge in [-0.15, -0.1) is 0 Å². The van der Waals surface area contributed by atoms with Gasteiger partial charge in [0.25, 0.3) is 0 Å². The third-order valence-electron chi connectivity index (χ3n) is 4.64. The second kappa shape index (κ2) is 6.02. The molecule has 0 radical (unpaired) electrons. The summed E-state index contributed by atoms with van der Waals surface area (Å²) in [6.45, 7) is 5.51. The molecule has 1 saturated heterocycles. The van der Waals surface area contributed by atoms with E-state index >= 15 is 0 Å². The molecule has 1 saturated carbocycles. The number of nitrogens with zero attached hydrogens (tertiary/aromatic N) is 2. The van der Waals surface area contributed by atoms with Gasteiger partial charge in [-0.25, -0.2) is 0 Å². The quantitative estimate of drug-likeness (QED) is 0.832. The highest BCUT2D eigenvalue weighted by molar-refractivity contribution is 5.71. The van der Waals surface area contributed by atoms with E-state index in [1.54, 1.807) is 0 Å². The molecule has 0 aromatic carbocycles. The summed E-state index contributed by atoms with van der Waals surface area (Å²) in [5.41, 5.74) is 0. The second-order valence-corrected chi connectivity index (χ2v) is 5.86. The van der Waals surface area contributed by atoms with Crippen LogP contribution < -0.4 is 0 Å². The Morgan fingerprint density at radius 2 is 2.06 bits per heavy atom. The Hall–Kier alpha value is -0.610. The SMILES string of the molecule is CCC1CN(C)CCCN1C1CCCC1C(=O)O. The first-order valence-corrected chi connectivity index (χ1v) is 7.30. The standard InChI is InChI=1S/C14H26N2O2/c1-3-11-10-15(2)8-5-9-16(11)13-7-4-6-12(13)14(17)18/h11-13H,3-10H2,1-2H3,(H,17,18). The molecule has 0 aromatic heterocycles. The lowest BCUT2D eigenvalue weighted by atomic mass is 9.99. The van der Waals surface area contributed by atoms with Gasteiger partial charge in [0.2, 0.25) is 0 Å². The molecule has 2 rings (SSSR count). The summed E-state index contributed by atoms with van der Waals surface area (Å²) < 4.78 is 0. The zero-order valence-electron chi connectivity index (χ0n) is 11.6. The fourth-order valence-corrected chi connectivity index (χ4v) is 3.69. The molecule has 0 spiro atoms. The maximum Gasteiger partial charge on any atom is 0.308 e. The molecule has 1 aliphatic heterocycles. The minimum atomic E-state index is -0.593. The molecule has 0 amide bonds. The largest absolute Gasteiger partial charge is 0.481 e. The van der Waals surface area contributed by atoms with Gasteiger partial charge in [0.05, 0.1) is 5.92 Å². The van der Waals surface area contributed by atoms with Crippen LogP contribution in [0.15, 0.2) is 0 Å². The van der Waals surface area contributed by atoms with Crippen LogP contribution in [0.4, 0.5) is 0 Å². The number of aliphatic carboxylic acids is 1. The first-order valence-electron chi connectivity index (χ1n) is 7.30. The first kappa shape index (κ1) is 13.8. The summed E-state index contributed by atoms with van der Waals surface area (Å²) in [6.07, 6.45) is 5.29. The third kappa shape index (κ3) is 2.86. The van der Waals surface area contributed by atoms with Crippen molar-refractivity contribution in [2.45, 2.75) is 51.1 Å². The predicted molar refractivity (Wildman–Crippen MR) is 71.7 cm³/mol. The maximum atomic E-state index is 11.4. The average molecular weight is 254 g/mol. The van der Waals surface area contributed by atoms with Crippen LogP contribution in [0.1, 0.15) is 39.0 Å². The zero-order valence-corrected chi connectivity index (χ0v) is 11.6. The van der Waals surface area contributed by atoms with Crippen molar-refractivity contribution in [1.82, 2.24) is 9.80 Å². The Balaban J connectivity index is 2.11. The number of hydrogen-bond donors (Lipinski definition) is 1. The highest BCUT2D eigenvalue weighted by atomic mass is 16.4. The summed E-state index contributed by atoms with van der Waals surface area (Å²) in [4.78, 5) is 16.3. The molecule has 104 valence electrons. The zero-order chi connectivity index (χ0) is 13.1. The van der Waals surface area contributed by atoms with Gasteiger partial charge in [-0.1, -0.05) is 13.3 Å². The Morgan fingerprint density at radius 1 is 1.28 bits per heavy atom. The Labute approximate surface area is 110 Å². The van der Waals surface area contributed by atoms with Crippen molar-refractivity contribution in [2.24, 2.45) is 5.92 Å². The third-order valence-corrected chi connectivity index (χ3v) is 4.64. The van der Waals surface area contributed by atoms with E-state index in [1.165, 1.54) is 0 Å². The molecule has 0 bridgehead atoms. The topological polar surface area (TPSA) is 43.8 Å². The van der Waals surface area contributed by atoms with Crippen LogP contribution in [0.3, 0.4) is 0 Å². The summed E-state index contributed by atoms with van der Waals surface area (Å²) in [5, 5.41) is 9.36. The van der Waals surface area contributed by atoms with Crippen molar-refractivity contribution in [3.05, 3.63) is 0 Å². The minimum absolute atomic E-state index is 0.137. The Bertz CT molecular complexity index is 296. The summed E-state index contributed by atoms with van der Waals surface area (Å²) in [7, 11) is 2.18. The summed E-state index contributed by atoms with van der Waals surface area (Å²) in [6, 6.07) is 0.807. The van der Waals surface area contributed by atoms with Crippen LogP contribution >= 0.6 is 0 Å². The van der Waals surface area contributed by atoms with Gasteiger partial charge in [0.15, 0.2) is 0 Å². The molecular formula is C14H26N2O2. The van der Waals surface area contributed by atoms with E-state index in [9.17, 15) is 9.90 Å². The molecule has 3 unspecified atom stereocenters. The van der Waals surface area contributed by atoms with E-state index in [-0.39, 0.29) is 12.0 Å². The highest BCUT2D eigenvalue weighted by Crippen LogP contribution is 2.32. The minimum Gasteiger partial charge on any atom is -0.481 e. The number of hydrogen-bond acceptors (Lipinski definition) is 3. The molecule has 2 fully saturated rings. The van der Waals surface area contributed by atoms with E-state index in [0.717, 1.165) is 51.7 Å². The van der Waals surface area contributed by atoms with Crippen LogP contribution in [-0.4, -0.2) is 59.6 Å². The lowest BCUT2D eigenvalue weighted by Crippen LogP contribution is -2.48. The molecule has 18 heavy (non-hydrogen) atoms. The van der Waals surface area contributed by atoms with Gasteiger partial charge in [-0.2, -0.15) is 0 Å². The van der Waals surface area contributed by atoms with Gasteiger partial charge in [0, 0.05) is 25.2 Å². The summed E-state index contributed by atoms with van der Waals surface area (Å²) >= 11 is 0. The second-order valence-electron chi connectivity index (χ2n) is 5.86. The molecule has 3 atom stereocenters. The van der Waals surface area contributed by atoms with Gasteiger partial charge in [-0.3, -0.25) is 9.69 Å². The van der Waals surface area contributed by atoms with Crippen molar-refractivity contribution < 1.29 is 9.90 Å². The number of likely N-dealkylation sites (N-methyl/N-ethyl adjacent to an activating group) is 1. The van der Waals surface area contributed by atoms with Crippen LogP contribution in [0.25, 0.3) is 0 Å². The molecule has 4 nitrogen and oxygen atoms in total. The lowest BCUT2D eigenvalue weighted by Gasteiger charge is -2.37. The molecule has 2 aliphatic rings. The number of carboxylic acid groups (broad SMARTS) is 1. The van der Waals surface area contributed by atoms with Crippen molar-refractivity contribution in [1.29, 1.82) is 0 Å². The fourth-order valence-electron chi connectivity index (χ4n) is 3.69. The first-order chi connectivity index (χ1) is 8.63. The van der Waals surface area contributed by atoms with Crippen molar-refractivity contribution in [3.63, 3.8) is 0 Å². The number of carbonyl (C=O) groups is 1. The molecule has 1 N–H and O–H groups in total. The van der Waals surface area contributed by atoms with Gasteiger partial charge < -0.3 is 10.0 Å². The van der Waals surface area contributed by atoms with Gasteiger partial charge >= 0.3 is 5.97 Å². The normalized spacial score (nSPS) is 35.6. The fraction of sp³-hybridized carbons (Fsp3) is 0.929. The van der Waals surface area contributed by atoms with E-state index in [2.05, 4.69) is 23.8 Å². The van der Waals surface area contributed by atoms with Crippen LogP contribution in [0, 0.1) is 5.92 Å². The van der Waals surface area contributed by atoms with Gasteiger partial charge in [0.1, 0.15) is 0 Å². The van der Waals surface area contributed by atoms with E-state index < -0.39 is 5.97 Å². The molecule has 4 heteroatoms. The smallest absolute Gasteiger partial charge is 0.308 e. The van der Waals surface area contributed by atoms with Gasteiger partial charge in [-0.05, 0) is 39.3 Å². The molecule has 1 aliphatic carbocycles. The number of rotatable bonds is 3. The Kier molecular flexibility index (Phi) is 4.62. The highest BCUT2D eigenvalue weighted by Gasteiger charge is 2.39. The lowest BCUT2D eigenvalue weighted by molar-refractivity contribution is -0.143.